The van der Waals surface area contributed by atoms with Gasteiger partial charge < -0.3 is 5.32 Å². The van der Waals surface area contributed by atoms with Crippen molar-refractivity contribution in [3.63, 3.8) is 0 Å². The van der Waals surface area contributed by atoms with E-state index >= 15 is 0 Å². The van der Waals surface area contributed by atoms with Crippen molar-refractivity contribution >= 4 is 26.8 Å². The standard InChI is InChI=1S/C22H31F3N4O3S/c1-21(2,3)18(13-26-33(31,32)22(23,24)25)27-20(30)19-16-11-7-8-12-17(16)29(28-19)14-15-9-5-4-6-10-15/h7-8,11-12,15,18,26H,4-6,9-10,13-14H2,1-3H3,(H,27,30)/t18-/m1/s1. The summed E-state index contributed by atoms with van der Waals surface area (Å²) < 4.78 is 64.5. The molecule has 0 radical (unpaired) electrons. The van der Waals surface area contributed by atoms with Gasteiger partial charge in [0.15, 0.2) is 5.69 Å². The first-order chi connectivity index (χ1) is 15.3. The van der Waals surface area contributed by atoms with Crippen molar-refractivity contribution in [1.82, 2.24) is 19.8 Å². The Kier molecular flexibility index (Phi) is 7.42. The monoisotopic (exact) mass is 488 g/mol. The van der Waals surface area contributed by atoms with Crippen molar-refractivity contribution in [2.75, 3.05) is 6.54 Å². The molecule has 184 valence electrons. The van der Waals surface area contributed by atoms with Crippen molar-refractivity contribution in [2.24, 2.45) is 11.3 Å². The van der Waals surface area contributed by atoms with Crippen molar-refractivity contribution in [2.45, 2.75) is 71.0 Å². The molecule has 11 heteroatoms. The highest BCUT2D eigenvalue weighted by Crippen LogP contribution is 2.28. The Balaban J connectivity index is 1.83. The summed E-state index contributed by atoms with van der Waals surface area (Å²) in [5, 5.41) is 7.90. The molecule has 1 aliphatic rings. The second kappa shape index (κ2) is 9.61. The van der Waals surface area contributed by atoms with Gasteiger partial charge in [-0.3, -0.25) is 9.48 Å². The van der Waals surface area contributed by atoms with Gasteiger partial charge in [-0.25, -0.2) is 13.1 Å². The first kappa shape index (κ1) is 25.5. The third-order valence-electron chi connectivity index (χ3n) is 6.16. The van der Waals surface area contributed by atoms with E-state index in [1.54, 1.807) is 37.6 Å². The molecule has 0 aliphatic heterocycles. The van der Waals surface area contributed by atoms with Crippen molar-refractivity contribution in [3.8, 4) is 0 Å². The number of halogens is 3. The van der Waals surface area contributed by atoms with Gasteiger partial charge in [0, 0.05) is 24.5 Å². The summed E-state index contributed by atoms with van der Waals surface area (Å²) in [6.45, 7) is 5.22. The zero-order valence-corrected chi connectivity index (χ0v) is 19.9. The number of fused-ring (bicyclic) bond motifs is 1. The number of hydrogen-bond acceptors (Lipinski definition) is 4. The predicted molar refractivity (Wildman–Crippen MR) is 120 cm³/mol. The van der Waals surface area contributed by atoms with Gasteiger partial charge in [0.05, 0.1) is 5.52 Å². The molecule has 1 aliphatic carbocycles. The summed E-state index contributed by atoms with van der Waals surface area (Å²) in [5.74, 6) is -0.0724. The smallest absolute Gasteiger partial charge is 0.346 e. The maximum atomic E-state index is 13.2. The van der Waals surface area contributed by atoms with E-state index in [2.05, 4.69) is 10.4 Å². The van der Waals surface area contributed by atoms with Crippen LogP contribution in [0.25, 0.3) is 10.9 Å². The predicted octanol–water partition coefficient (Wildman–Crippen LogP) is 4.20. The van der Waals surface area contributed by atoms with Crippen LogP contribution in [0.5, 0.6) is 0 Å². The first-order valence-corrected chi connectivity index (χ1v) is 12.6. The number of amides is 1. The van der Waals surface area contributed by atoms with E-state index in [-0.39, 0.29) is 5.69 Å². The van der Waals surface area contributed by atoms with Gasteiger partial charge in [-0.05, 0) is 30.2 Å². The largest absolute Gasteiger partial charge is 0.511 e. The SMILES string of the molecule is CC(C)(C)[C@@H](CNS(=O)(=O)C(F)(F)F)NC(=O)c1nn(CC2CCCCC2)c2ccccc12. The lowest BCUT2D eigenvalue weighted by Crippen LogP contribution is -2.52. The van der Waals surface area contributed by atoms with Gasteiger partial charge in [-0.1, -0.05) is 58.2 Å². The van der Waals surface area contributed by atoms with E-state index in [0.717, 1.165) is 18.4 Å². The lowest BCUT2D eigenvalue weighted by molar-refractivity contribution is -0.0448. The Hall–Kier alpha value is -2.14. The quantitative estimate of drug-likeness (QED) is 0.611. The average molecular weight is 489 g/mol. The van der Waals surface area contributed by atoms with Crippen LogP contribution in [0, 0.1) is 11.3 Å². The number of alkyl halides is 3. The zero-order chi connectivity index (χ0) is 24.4. The molecule has 1 amide bonds. The van der Waals surface area contributed by atoms with Crippen LogP contribution < -0.4 is 10.0 Å². The Morgan fingerprint density at radius 1 is 1.15 bits per heavy atom. The maximum Gasteiger partial charge on any atom is 0.511 e. The summed E-state index contributed by atoms with van der Waals surface area (Å²) in [4.78, 5) is 13.2. The number of carbonyl (C=O) groups is 1. The molecule has 1 aromatic heterocycles. The van der Waals surface area contributed by atoms with Crippen LogP contribution in [0.3, 0.4) is 0 Å². The summed E-state index contributed by atoms with van der Waals surface area (Å²) in [6.07, 6.45) is 5.81. The fraction of sp³-hybridized carbons (Fsp3) is 0.636. The summed E-state index contributed by atoms with van der Waals surface area (Å²) in [7, 11) is -5.52. The van der Waals surface area contributed by atoms with Gasteiger partial charge in [0.1, 0.15) is 0 Å². The van der Waals surface area contributed by atoms with Crippen LogP contribution in [0.1, 0.15) is 63.4 Å². The van der Waals surface area contributed by atoms with E-state index in [4.69, 9.17) is 0 Å². The molecule has 0 saturated heterocycles. The van der Waals surface area contributed by atoms with Crippen LogP contribution >= 0.6 is 0 Å². The lowest BCUT2D eigenvalue weighted by atomic mass is 9.86. The van der Waals surface area contributed by atoms with Crippen LogP contribution in [0.15, 0.2) is 24.3 Å². The van der Waals surface area contributed by atoms with E-state index < -0.39 is 39.4 Å². The summed E-state index contributed by atoms with van der Waals surface area (Å²) in [6, 6.07) is 6.44. The van der Waals surface area contributed by atoms with Gasteiger partial charge in [0.2, 0.25) is 0 Å². The minimum absolute atomic E-state index is 0.175. The molecule has 0 unspecified atom stereocenters. The Morgan fingerprint density at radius 3 is 2.39 bits per heavy atom. The molecule has 1 heterocycles. The molecule has 1 atom stereocenters. The minimum atomic E-state index is -5.52. The highest BCUT2D eigenvalue weighted by molar-refractivity contribution is 7.90. The number of aromatic nitrogens is 2. The normalized spacial score (nSPS) is 17.3. The van der Waals surface area contributed by atoms with E-state index in [1.165, 1.54) is 19.3 Å². The molecule has 1 fully saturated rings. The fourth-order valence-corrected chi connectivity index (χ4v) is 4.67. The number of rotatable bonds is 7. The molecule has 0 bridgehead atoms. The molecule has 1 aromatic carbocycles. The molecule has 2 aromatic rings. The number of carbonyl (C=O) groups excluding carboxylic acids is 1. The van der Waals surface area contributed by atoms with Crippen LogP contribution in [-0.2, 0) is 16.6 Å². The van der Waals surface area contributed by atoms with Crippen LogP contribution in [0.2, 0.25) is 0 Å². The molecular formula is C22H31F3N4O3S. The number of hydrogen-bond donors (Lipinski definition) is 2. The Morgan fingerprint density at radius 2 is 1.79 bits per heavy atom. The van der Waals surface area contributed by atoms with E-state index in [9.17, 15) is 26.4 Å². The van der Waals surface area contributed by atoms with Gasteiger partial charge in [0.25, 0.3) is 5.91 Å². The zero-order valence-electron chi connectivity index (χ0n) is 19.1. The fourth-order valence-electron chi connectivity index (χ4n) is 4.12. The average Bonchev–Trinajstić information content (AvgIpc) is 3.09. The number of benzene rings is 1. The van der Waals surface area contributed by atoms with Crippen molar-refractivity contribution in [1.29, 1.82) is 0 Å². The highest BCUT2D eigenvalue weighted by atomic mass is 32.2. The first-order valence-electron chi connectivity index (χ1n) is 11.1. The van der Waals surface area contributed by atoms with Crippen molar-refractivity contribution in [3.05, 3.63) is 30.0 Å². The molecule has 3 rings (SSSR count). The number of para-hydroxylation sites is 1. The van der Waals surface area contributed by atoms with Gasteiger partial charge in [-0.15, -0.1) is 0 Å². The maximum absolute atomic E-state index is 13.2. The third kappa shape index (κ3) is 6.06. The lowest BCUT2D eigenvalue weighted by Gasteiger charge is -2.31. The highest BCUT2D eigenvalue weighted by Gasteiger charge is 2.46. The van der Waals surface area contributed by atoms with Crippen molar-refractivity contribution < 1.29 is 26.4 Å². The molecule has 2 N–H and O–H groups in total. The van der Waals surface area contributed by atoms with Crippen LogP contribution in [-0.4, -0.2) is 42.2 Å². The summed E-state index contributed by atoms with van der Waals surface area (Å²) in [5.41, 5.74) is -5.15. The minimum Gasteiger partial charge on any atom is -0.346 e. The number of nitrogens with zero attached hydrogens (tertiary/aromatic N) is 2. The second-order valence-electron chi connectivity index (χ2n) is 9.74. The Labute approximate surface area is 192 Å². The molecule has 33 heavy (non-hydrogen) atoms. The number of nitrogens with one attached hydrogen (secondary N) is 2. The molecule has 7 nitrogen and oxygen atoms in total. The van der Waals surface area contributed by atoms with Gasteiger partial charge in [-0.2, -0.15) is 18.3 Å². The summed E-state index contributed by atoms with van der Waals surface area (Å²) >= 11 is 0. The van der Waals surface area contributed by atoms with E-state index in [1.807, 2.05) is 16.8 Å². The van der Waals surface area contributed by atoms with Crippen LogP contribution in [0.4, 0.5) is 13.2 Å². The second-order valence-corrected chi connectivity index (χ2v) is 11.5. The third-order valence-corrected chi connectivity index (χ3v) is 7.32. The molecule has 1 saturated carbocycles. The van der Waals surface area contributed by atoms with E-state index in [0.29, 0.717) is 17.8 Å². The topological polar surface area (TPSA) is 93.1 Å². The molecule has 0 spiro atoms. The molecular weight excluding hydrogens is 457 g/mol. The Bertz CT molecular complexity index is 1080. The number of sulfonamides is 1. The van der Waals surface area contributed by atoms with Gasteiger partial charge >= 0.3 is 15.5 Å².